The Bertz CT molecular complexity index is 271. The third-order valence-corrected chi connectivity index (χ3v) is 2.68. The fraction of sp³-hybridized carbons (Fsp3) is 0.818. The number of ether oxygens (including phenoxy) is 1. The van der Waals surface area contributed by atoms with E-state index in [4.69, 9.17) is 4.74 Å². The van der Waals surface area contributed by atoms with Crippen molar-refractivity contribution < 1.29 is 14.3 Å². The van der Waals surface area contributed by atoms with Crippen LogP contribution in [-0.4, -0.2) is 50.7 Å². The predicted octanol–water partition coefficient (Wildman–Crippen LogP) is -1.14. The second-order valence-electron chi connectivity index (χ2n) is 4.08. The Morgan fingerprint density at radius 1 is 1.24 bits per heavy atom. The zero-order valence-electron chi connectivity index (χ0n) is 10.4. The van der Waals surface area contributed by atoms with E-state index >= 15 is 0 Å². The summed E-state index contributed by atoms with van der Waals surface area (Å²) in [7, 11) is 0. The standard InChI is InChI=1S/C11H21N3O3/c1-3-12-10-7-17-6-9(10)11(16)14-5-4-13-8(2)15/h9-10,12H,3-7H2,1-2H3,(H,13,15)(H,14,16). The molecule has 6 nitrogen and oxygen atoms in total. The third-order valence-electron chi connectivity index (χ3n) is 2.68. The van der Waals surface area contributed by atoms with Crippen LogP contribution in [0.5, 0.6) is 0 Å². The fourth-order valence-corrected chi connectivity index (χ4v) is 1.83. The fourth-order valence-electron chi connectivity index (χ4n) is 1.83. The Balaban J connectivity index is 2.24. The van der Waals surface area contributed by atoms with Crippen LogP contribution in [0.15, 0.2) is 0 Å². The lowest BCUT2D eigenvalue weighted by Gasteiger charge is -2.17. The number of carbonyl (C=O) groups excluding carboxylic acids is 2. The summed E-state index contributed by atoms with van der Waals surface area (Å²) in [5.41, 5.74) is 0. The van der Waals surface area contributed by atoms with Gasteiger partial charge in [0.15, 0.2) is 0 Å². The summed E-state index contributed by atoms with van der Waals surface area (Å²) in [5.74, 6) is -0.236. The van der Waals surface area contributed by atoms with Crippen molar-refractivity contribution in [2.45, 2.75) is 19.9 Å². The lowest BCUT2D eigenvalue weighted by atomic mass is 10.0. The molecule has 0 aromatic heterocycles. The van der Waals surface area contributed by atoms with Crippen molar-refractivity contribution in [3.63, 3.8) is 0 Å². The summed E-state index contributed by atoms with van der Waals surface area (Å²) in [6.45, 7) is 6.23. The molecule has 1 saturated heterocycles. The van der Waals surface area contributed by atoms with Crippen molar-refractivity contribution in [3.05, 3.63) is 0 Å². The average molecular weight is 243 g/mol. The number of hydrogen-bond acceptors (Lipinski definition) is 4. The monoisotopic (exact) mass is 243 g/mol. The van der Waals surface area contributed by atoms with Gasteiger partial charge in [-0.3, -0.25) is 9.59 Å². The first kappa shape index (κ1) is 13.9. The molecule has 98 valence electrons. The molecule has 3 N–H and O–H groups in total. The maximum absolute atomic E-state index is 11.8. The van der Waals surface area contributed by atoms with Gasteiger partial charge < -0.3 is 20.7 Å². The molecule has 0 aromatic rings. The molecule has 0 aliphatic carbocycles. The summed E-state index contributed by atoms with van der Waals surface area (Å²) in [6, 6.07) is 0.0979. The first-order valence-corrected chi connectivity index (χ1v) is 5.98. The summed E-state index contributed by atoms with van der Waals surface area (Å²) < 4.78 is 5.29. The molecule has 6 heteroatoms. The van der Waals surface area contributed by atoms with Gasteiger partial charge >= 0.3 is 0 Å². The number of hydrogen-bond donors (Lipinski definition) is 3. The molecule has 1 aliphatic heterocycles. The van der Waals surface area contributed by atoms with Crippen LogP contribution in [0, 0.1) is 5.92 Å². The topological polar surface area (TPSA) is 79.5 Å². The molecule has 0 radical (unpaired) electrons. The van der Waals surface area contributed by atoms with E-state index in [-0.39, 0.29) is 23.8 Å². The highest BCUT2D eigenvalue weighted by molar-refractivity contribution is 5.80. The first-order valence-electron chi connectivity index (χ1n) is 5.98. The van der Waals surface area contributed by atoms with Crippen LogP contribution in [0.1, 0.15) is 13.8 Å². The zero-order chi connectivity index (χ0) is 12.7. The second-order valence-corrected chi connectivity index (χ2v) is 4.08. The van der Waals surface area contributed by atoms with E-state index in [1.807, 2.05) is 6.92 Å². The van der Waals surface area contributed by atoms with Gasteiger partial charge in [0.2, 0.25) is 11.8 Å². The van der Waals surface area contributed by atoms with E-state index in [9.17, 15) is 9.59 Å². The largest absolute Gasteiger partial charge is 0.379 e. The van der Waals surface area contributed by atoms with E-state index in [1.54, 1.807) is 0 Å². The van der Waals surface area contributed by atoms with Gasteiger partial charge in [0, 0.05) is 26.1 Å². The number of amides is 2. The van der Waals surface area contributed by atoms with Gasteiger partial charge in [0.05, 0.1) is 19.1 Å². The molecule has 0 bridgehead atoms. The predicted molar refractivity (Wildman–Crippen MR) is 63.5 cm³/mol. The summed E-state index contributed by atoms with van der Waals surface area (Å²) in [6.07, 6.45) is 0. The van der Waals surface area contributed by atoms with Crippen molar-refractivity contribution in [1.82, 2.24) is 16.0 Å². The van der Waals surface area contributed by atoms with Crippen LogP contribution in [-0.2, 0) is 14.3 Å². The Hall–Kier alpha value is -1.14. The van der Waals surface area contributed by atoms with E-state index in [2.05, 4.69) is 16.0 Å². The minimum absolute atomic E-state index is 0.0150. The summed E-state index contributed by atoms with van der Waals surface area (Å²) >= 11 is 0. The molecule has 2 unspecified atom stereocenters. The molecule has 0 spiro atoms. The molecule has 0 saturated carbocycles. The van der Waals surface area contributed by atoms with Gasteiger partial charge in [-0.05, 0) is 6.54 Å². The molecule has 17 heavy (non-hydrogen) atoms. The second kappa shape index (κ2) is 7.24. The first-order chi connectivity index (χ1) is 8.15. The Morgan fingerprint density at radius 2 is 1.94 bits per heavy atom. The highest BCUT2D eigenvalue weighted by Crippen LogP contribution is 2.13. The van der Waals surface area contributed by atoms with Crippen molar-refractivity contribution in [2.24, 2.45) is 5.92 Å². The van der Waals surface area contributed by atoms with Crippen LogP contribution in [0.3, 0.4) is 0 Å². The average Bonchev–Trinajstić information content (AvgIpc) is 2.72. The quantitative estimate of drug-likeness (QED) is 0.515. The van der Waals surface area contributed by atoms with Crippen LogP contribution in [0.4, 0.5) is 0 Å². The Labute approximate surface area is 101 Å². The smallest absolute Gasteiger partial charge is 0.227 e. The van der Waals surface area contributed by atoms with Crippen LogP contribution in [0.2, 0.25) is 0 Å². The molecule has 2 amide bonds. The Morgan fingerprint density at radius 3 is 2.59 bits per heavy atom. The van der Waals surface area contributed by atoms with Gasteiger partial charge in [-0.25, -0.2) is 0 Å². The lowest BCUT2D eigenvalue weighted by Crippen LogP contribution is -2.45. The number of rotatable bonds is 6. The van der Waals surface area contributed by atoms with E-state index < -0.39 is 0 Å². The normalized spacial score (nSPS) is 23.4. The van der Waals surface area contributed by atoms with Crippen LogP contribution < -0.4 is 16.0 Å². The molecule has 1 rings (SSSR count). The molecular weight excluding hydrogens is 222 g/mol. The minimum Gasteiger partial charge on any atom is -0.379 e. The van der Waals surface area contributed by atoms with Gasteiger partial charge in [0.25, 0.3) is 0 Å². The van der Waals surface area contributed by atoms with E-state index in [1.165, 1.54) is 6.92 Å². The zero-order valence-corrected chi connectivity index (χ0v) is 10.4. The van der Waals surface area contributed by atoms with E-state index in [0.717, 1.165) is 6.54 Å². The number of likely N-dealkylation sites (N-methyl/N-ethyl adjacent to an activating group) is 1. The highest BCUT2D eigenvalue weighted by Gasteiger charge is 2.32. The molecule has 0 aromatic carbocycles. The van der Waals surface area contributed by atoms with Crippen molar-refractivity contribution >= 4 is 11.8 Å². The minimum atomic E-state index is -0.132. The number of carbonyl (C=O) groups is 2. The molecule has 1 aliphatic rings. The van der Waals surface area contributed by atoms with Crippen molar-refractivity contribution in [3.8, 4) is 0 Å². The van der Waals surface area contributed by atoms with Crippen molar-refractivity contribution in [2.75, 3.05) is 32.8 Å². The van der Waals surface area contributed by atoms with Gasteiger partial charge in [-0.2, -0.15) is 0 Å². The van der Waals surface area contributed by atoms with Gasteiger partial charge in [-0.1, -0.05) is 6.92 Å². The van der Waals surface area contributed by atoms with E-state index in [0.29, 0.717) is 26.3 Å². The molecule has 1 heterocycles. The van der Waals surface area contributed by atoms with Gasteiger partial charge in [-0.15, -0.1) is 0 Å². The lowest BCUT2D eigenvalue weighted by molar-refractivity contribution is -0.125. The van der Waals surface area contributed by atoms with Crippen LogP contribution >= 0.6 is 0 Å². The van der Waals surface area contributed by atoms with Crippen molar-refractivity contribution in [1.29, 1.82) is 0 Å². The Kier molecular flexibility index (Phi) is 5.93. The molecule has 2 atom stereocenters. The summed E-state index contributed by atoms with van der Waals surface area (Å²) in [4.78, 5) is 22.5. The molecule has 1 fully saturated rings. The van der Waals surface area contributed by atoms with Gasteiger partial charge in [0.1, 0.15) is 0 Å². The summed E-state index contributed by atoms with van der Waals surface area (Å²) in [5, 5.41) is 8.65. The third kappa shape index (κ3) is 4.70. The SMILES string of the molecule is CCNC1COCC1C(=O)NCCNC(C)=O. The number of nitrogens with one attached hydrogen (secondary N) is 3. The van der Waals surface area contributed by atoms with Crippen LogP contribution in [0.25, 0.3) is 0 Å². The maximum Gasteiger partial charge on any atom is 0.227 e. The maximum atomic E-state index is 11.8. The molecular formula is C11H21N3O3. The highest BCUT2D eigenvalue weighted by atomic mass is 16.5.